The van der Waals surface area contributed by atoms with Crippen molar-refractivity contribution < 1.29 is 5.11 Å². The van der Waals surface area contributed by atoms with Crippen LogP contribution in [-0.4, -0.2) is 19.9 Å². The molecule has 1 N–H and O–H groups in total. The minimum Gasteiger partial charge on any atom is -0.388 e. The van der Waals surface area contributed by atoms with Crippen molar-refractivity contribution in [3.05, 3.63) is 11.6 Å². The lowest BCUT2D eigenvalue weighted by Gasteiger charge is -2.53. The van der Waals surface area contributed by atoms with Crippen LogP contribution in [0, 0.1) is 23.7 Å². The number of nitrogens with zero attached hydrogens (tertiary/aromatic N) is 3. The maximum atomic E-state index is 9.26. The molecule has 4 aliphatic rings. The summed E-state index contributed by atoms with van der Waals surface area (Å²) in [7, 11) is 2.01. The second-order valence-electron chi connectivity index (χ2n) is 6.65. The van der Waals surface area contributed by atoms with Crippen LogP contribution in [0.2, 0.25) is 0 Å². The fourth-order valence-electron chi connectivity index (χ4n) is 5.15. The second-order valence-corrected chi connectivity index (χ2v) is 6.65. The van der Waals surface area contributed by atoms with Gasteiger partial charge in [-0.3, -0.25) is 0 Å². The van der Waals surface area contributed by atoms with Crippen molar-refractivity contribution >= 4 is 0 Å². The zero-order chi connectivity index (χ0) is 12.3. The minimum absolute atomic E-state index is 0.00317. The molecule has 98 valence electrons. The van der Waals surface area contributed by atoms with Crippen molar-refractivity contribution in [2.75, 3.05) is 0 Å². The Kier molecular flexibility index (Phi) is 2.31. The van der Waals surface area contributed by atoms with Gasteiger partial charge in [-0.25, -0.2) is 0 Å². The van der Waals surface area contributed by atoms with Crippen molar-refractivity contribution in [1.29, 1.82) is 0 Å². The maximum Gasteiger partial charge on any atom is 0.158 e. The normalized spacial score (nSPS) is 41.6. The summed E-state index contributed by atoms with van der Waals surface area (Å²) in [6.07, 6.45) is 7.09. The zero-order valence-electron chi connectivity index (χ0n) is 10.9. The van der Waals surface area contributed by atoms with E-state index in [-0.39, 0.29) is 6.61 Å². The van der Waals surface area contributed by atoms with Crippen LogP contribution in [0.5, 0.6) is 0 Å². The molecule has 0 atom stereocenters. The molecular weight excluding hydrogens is 226 g/mol. The summed E-state index contributed by atoms with van der Waals surface area (Å²) in [6, 6.07) is 0. The summed E-state index contributed by atoms with van der Waals surface area (Å²) < 4.78 is 2.03. The number of aromatic nitrogens is 3. The number of hydrogen-bond acceptors (Lipinski definition) is 3. The summed E-state index contributed by atoms with van der Waals surface area (Å²) in [5.74, 6) is 6.09. The van der Waals surface area contributed by atoms with Gasteiger partial charge in [0.1, 0.15) is 12.4 Å². The van der Waals surface area contributed by atoms with Crippen molar-refractivity contribution in [3.8, 4) is 0 Å². The van der Waals surface area contributed by atoms with Gasteiger partial charge >= 0.3 is 0 Å². The van der Waals surface area contributed by atoms with Crippen molar-refractivity contribution in [1.82, 2.24) is 14.8 Å². The fraction of sp³-hybridized carbons (Fsp3) is 0.857. The van der Waals surface area contributed by atoms with E-state index in [1.165, 1.54) is 32.1 Å². The highest BCUT2D eigenvalue weighted by atomic mass is 16.3. The SMILES string of the molecule is Cn1c(CO)nnc1C1C2CC3CC(C2)CC1C3. The Morgan fingerprint density at radius 2 is 1.67 bits per heavy atom. The van der Waals surface area contributed by atoms with Gasteiger partial charge in [-0.2, -0.15) is 0 Å². The molecule has 4 fully saturated rings. The molecule has 0 amide bonds. The van der Waals surface area contributed by atoms with E-state index in [0.29, 0.717) is 11.7 Å². The Morgan fingerprint density at radius 1 is 1.06 bits per heavy atom. The van der Waals surface area contributed by atoms with Crippen LogP contribution >= 0.6 is 0 Å². The zero-order valence-corrected chi connectivity index (χ0v) is 10.9. The molecule has 0 saturated heterocycles. The molecule has 1 aromatic rings. The van der Waals surface area contributed by atoms with Crippen LogP contribution in [-0.2, 0) is 13.7 Å². The predicted molar refractivity (Wildman–Crippen MR) is 66.7 cm³/mol. The van der Waals surface area contributed by atoms with E-state index >= 15 is 0 Å². The second kappa shape index (κ2) is 3.80. The summed E-state index contributed by atoms with van der Waals surface area (Å²) in [6.45, 7) is -0.00317. The van der Waals surface area contributed by atoms with Crippen LogP contribution in [0.4, 0.5) is 0 Å². The monoisotopic (exact) mass is 247 g/mol. The minimum atomic E-state index is -0.00317. The molecule has 4 aliphatic carbocycles. The molecule has 4 heteroatoms. The molecule has 0 aliphatic heterocycles. The number of aliphatic hydroxyl groups excluding tert-OH is 1. The van der Waals surface area contributed by atoms with E-state index in [9.17, 15) is 5.11 Å². The molecule has 5 rings (SSSR count). The molecule has 1 heterocycles. The first-order chi connectivity index (χ1) is 8.76. The first kappa shape index (κ1) is 11.0. The third-order valence-corrected chi connectivity index (χ3v) is 5.67. The lowest BCUT2D eigenvalue weighted by Crippen LogP contribution is -2.44. The first-order valence-corrected chi connectivity index (χ1v) is 7.25. The Balaban J connectivity index is 1.70. The van der Waals surface area contributed by atoms with Crippen molar-refractivity contribution in [2.24, 2.45) is 30.7 Å². The lowest BCUT2D eigenvalue weighted by molar-refractivity contribution is -0.00670. The smallest absolute Gasteiger partial charge is 0.158 e. The van der Waals surface area contributed by atoms with Crippen LogP contribution in [0.1, 0.15) is 49.7 Å². The topological polar surface area (TPSA) is 50.9 Å². The quantitative estimate of drug-likeness (QED) is 0.867. The summed E-state index contributed by atoms with van der Waals surface area (Å²) >= 11 is 0. The summed E-state index contributed by atoms with van der Waals surface area (Å²) in [5.41, 5.74) is 0. The third kappa shape index (κ3) is 1.41. The Hall–Kier alpha value is -0.900. The van der Waals surface area contributed by atoms with Gasteiger partial charge in [0, 0.05) is 13.0 Å². The van der Waals surface area contributed by atoms with Gasteiger partial charge < -0.3 is 9.67 Å². The molecule has 18 heavy (non-hydrogen) atoms. The molecule has 0 spiro atoms. The Bertz CT molecular complexity index is 440. The molecule has 0 unspecified atom stereocenters. The molecule has 0 radical (unpaired) electrons. The number of rotatable bonds is 2. The molecule has 0 aromatic carbocycles. The highest BCUT2D eigenvalue weighted by Gasteiger charge is 2.50. The standard InChI is InChI=1S/C14H21N3O/c1-17-12(7-18)15-16-14(17)13-10-3-8-2-9(5-10)6-11(13)4-8/h8-11,13,18H,2-7H2,1H3. The van der Waals surface area contributed by atoms with Gasteiger partial charge in [0.2, 0.25) is 0 Å². The molecule has 4 saturated carbocycles. The number of hydrogen-bond donors (Lipinski definition) is 1. The van der Waals surface area contributed by atoms with E-state index in [1.54, 1.807) is 0 Å². The van der Waals surface area contributed by atoms with Crippen LogP contribution in [0.3, 0.4) is 0 Å². The molecule has 1 aromatic heterocycles. The maximum absolute atomic E-state index is 9.26. The van der Waals surface area contributed by atoms with Crippen LogP contribution in [0.25, 0.3) is 0 Å². The third-order valence-electron chi connectivity index (χ3n) is 5.67. The first-order valence-electron chi connectivity index (χ1n) is 7.25. The average molecular weight is 247 g/mol. The van der Waals surface area contributed by atoms with E-state index in [4.69, 9.17) is 0 Å². The number of aliphatic hydroxyl groups is 1. The van der Waals surface area contributed by atoms with Gasteiger partial charge in [0.25, 0.3) is 0 Å². The molecule has 4 nitrogen and oxygen atoms in total. The largest absolute Gasteiger partial charge is 0.388 e. The Morgan fingerprint density at radius 3 is 2.17 bits per heavy atom. The van der Waals surface area contributed by atoms with Crippen molar-refractivity contribution in [2.45, 2.75) is 44.6 Å². The average Bonchev–Trinajstić information content (AvgIpc) is 2.70. The van der Waals surface area contributed by atoms with Gasteiger partial charge in [0.15, 0.2) is 5.82 Å². The molecule has 4 bridgehead atoms. The fourth-order valence-corrected chi connectivity index (χ4v) is 5.15. The van der Waals surface area contributed by atoms with Gasteiger partial charge in [-0.15, -0.1) is 10.2 Å². The van der Waals surface area contributed by atoms with E-state index in [1.807, 2.05) is 11.6 Å². The highest BCUT2D eigenvalue weighted by Crippen LogP contribution is 2.59. The highest BCUT2D eigenvalue weighted by molar-refractivity contribution is 5.12. The van der Waals surface area contributed by atoms with Crippen molar-refractivity contribution in [3.63, 3.8) is 0 Å². The van der Waals surface area contributed by atoms with E-state index in [0.717, 1.165) is 29.5 Å². The van der Waals surface area contributed by atoms with E-state index < -0.39 is 0 Å². The lowest BCUT2D eigenvalue weighted by atomic mass is 9.51. The van der Waals surface area contributed by atoms with E-state index in [2.05, 4.69) is 10.2 Å². The van der Waals surface area contributed by atoms with Gasteiger partial charge in [-0.05, 0) is 55.8 Å². The predicted octanol–water partition coefficient (Wildman–Crippen LogP) is 1.85. The summed E-state index contributed by atoms with van der Waals surface area (Å²) in [5, 5.41) is 17.8. The van der Waals surface area contributed by atoms with Gasteiger partial charge in [0.05, 0.1) is 0 Å². The Labute approximate surface area is 107 Å². The molecular formula is C14H21N3O. The van der Waals surface area contributed by atoms with Gasteiger partial charge in [-0.1, -0.05) is 0 Å². The summed E-state index contributed by atoms with van der Waals surface area (Å²) in [4.78, 5) is 0. The van der Waals surface area contributed by atoms with Crippen LogP contribution < -0.4 is 0 Å². The van der Waals surface area contributed by atoms with Crippen LogP contribution in [0.15, 0.2) is 0 Å².